The van der Waals surface area contributed by atoms with Crippen LogP contribution < -0.4 is 10.2 Å². The molecule has 2 unspecified atom stereocenters. The molecule has 3 aliphatic heterocycles. The summed E-state index contributed by atoms with van der Waals surface area (Å²) < 4.78 is 0. The Hall–Kier alpha value is -1.76. The summed E-state index contributed by atoms with van der Waals surface area (Å²) in [5, 5.41) is 3.02. The highest BCUT2D eigenvalue weighted by molar-refractivity contribution is 8.01. The zero-order valence-corrected chi connectivity index (χ0v) is 15.3. The first-order valence-corrected chi connectivity index (χ1v) is 9.99. The Bertz CT molecular complexity index is 691. The van der Waals surface area contributed by atoms with E-state index in [2.05, 4.69) is 28.2 Å². The second-order valence-electron chi connectivity index (χ2n) is 7.20. The number of thioether (sulfide) groups is 1. The minimum Gasteiger partial charge on any atom is -0.357 e. The van der Waals surface area contributed by atoms with E-state index in [0.29, 0.717) is 18.7 Å². The largest absolute Gasteiger partial charge is 0.357 e. The Kier molecular flexibility index (Phi) is 4.35. The van der Waals surface area contributed by atoms with Crippen molar-refractivity contribution in [2.24, 2.45) is 0 Å². The maximum atomic E-state index is 12.6. The van der Waals surface area contributed by atoms with E-state index in [0.717, 1.165) is 30.9 Å². The topological polar surface area (TPSA) is 65.5 Å². The first-order chi connectivity index (χ1) is 12.1. The van der Waals surface area contributed by atoms with Crippen LogP contribution in [0.25, 0.3) is 0 Å². The molecule has 25 heavy (non-hydrogen) atoms. The van der Waals surface area contributed by atoms with Crippen LogP contribution in [-0.4, -0.2) is 51.5 Å². The van der Waals surface area contributed by atoms with Gasteiger partial charge >= 0.3 is 0 Å². The third-order valence-electron chi connectivity index (χ3n) is 5.45. The molecule has 3 saturated heterocycles. The Labute approximate surface area is 152 Å². The number of aromatic nitrogens is 1. The van der Waals surface area contributed by atoms with Crippen molar-refractivity contribution in [2.75, 3.05) is 23.7 Å². The van der Waals surface area contributed by atoms with Crippen LogP contribution in [-0.2, 0) is 16.1 Å². The number of rotatable bonds is 4. The summed E-state index contributed by atoms with van der Waals surface area (Å²) in [4.78, 5) is 33.1. The van der Waals surface area contributed by atoms with Crippen molar-refractivity contribution in [3.63, 3.8) is 0 Å². The number of amides is 2. The maximum absolute atomic E-state index is 12.6. The van der Waals surface area contributed by atoms with Crippen molar-refractivity contribution in [3.05, 3.63) is 23.9 Å². The monoisotopic (exact) mass is 360 g/mol. The molecule has 0 saturated carbocycles. The van der Waals surface area contributed by atoms with Gasteiger partial charge in [-0.15, -0.1) is 11.8 Å². The van der Waals surface area contributed by atoms with Crippen LogP contribution in [0.15, 0.2) is 18.3 Å². The SMILES string of the molecule is CC12CCC(=O)N1C(C(=O)NCc1ccnc(N3CCCC3)c1)CS2. The van der Waals surface area contributed by atoms with Gasteiger partial charge in [-0.1, -0.05) is 0 Å². The van der Waals surface area contributed by atoms with Crippen molar-refractivity contribution >= 4 is 29.4 Å². The van der Waals surface area contributed by atoms with Crippen molar-refractivity contribution in [3.8, 4) is 0 Å². The summed E-state index contributed by atoms with van der Waals surface area (Å²) in [5.41, 5.74) is 1.05. The molecule has 0 spiro atoms. The van der Waals surface area contributed by atoms with Crippen molar-refractivity contribution < 1.29 is 9.59 Å². The Morgan fingerprint density at radius 3 is 3.04 bits per heavy atom. The van der Waals surface area contributed by atoms with Crippen LogP contribution in [0.2, 0.25) is 0 Å². The normalized spacial score (nSPS) is 28.5. The highest BCUT2D eigenvalue weighted by Crippen LogP contribution is 2.47. The van der Waals surface area contributed by atoms with E-state index in [1.54, 1.807) is 16.7 Å². The lowest BCUT2D eigenvalue weighted by atomic mass is 10.2. The van der Waals surface area contributed by atoms with Gasteiger partial charge in [0, 0.05) is 38.0 Å². The lowest BCUT2D eigenvalue weighted by Crippen LogP contribution is -2.49. The number of fused-ring (bicyclic) bond motifs is 1. The molecule has 7 heteroatoms. The average Bonchev–Trinajstić information content (AvgIpc) is 3.31. The molecule has 2 amide bonds. The quantitative estimate of drug-likeness (QED) is 0.886. The van der Waals surface area contributed by atoms with Gasteiger partial charge in [0.25, 0.3) is 0 Å². The molecule has 4 rings (SSSR count). The number of anilines is 1. The number of hydrogen-bond acceptors (Lipinski definition) is 5. The molecule has 134 valence electrons. The number of pyridine rings is 1. The molecule has 0 radical (unpaired) electrons. The predicted octanol–water partition coefficient (Wildman–Crippen LogP) is 1.75. The van der Waals surface area contributed by atoms with Crippen LogP contribution in [0.1, 0.15) is 38.2 Å². The molecular formula is C18H24N4O2S. The molecule has 4 heterocycles. The van der Waals surface area contributed by atoms with Gasteiger partial charge in [-0.2, -0.15) is 0 Å². The van der Waals surface area contributed by atoms with Crippen LogP contribution in [0, 0.1) is 0 Å². The van der Waals surface area contributed by atoms with Crippen molar-refractivity contribution in [1.29, 1.82) is 0 Å². The summed E-state index contributed by atoms with van der Waals surface area (Å²) in [6.07, 6.45) is 5.62. The first kappa shape index (κ1) is 16.7. The zero-order valence-electron chi connectivity index (χ0n) is 14.5. The zero-order chi connectivity index (χ0) is 17.4. The smallest absolute Gasteiger partial charge is 0.243 e. The second-order valence-corrected chi connectivity index (χ2v) is 8.70. The highest BCUT2D eigenvalue weighted by atomic mass is 32.2. The Morgan fingerprint density at radius 1 is 1.44 bits per heavy atom. The number of nitrogens with one attached hydrogen (secondary N) is 1. The highest BCUT2D eigenvalue weighted by Gasteiger charge is 2.52. The van der Waals surface area contributed by atoms with E-state index >= 15 is 0 Å². The molecule has 3 fully saturated rings. The number of carbonyl (C=O) groups is 2. The second kappa shape index (κ2) is 6.52. The fraction of sp³-hybridized carbons (Fsp3) is 0.611. The maximum Gasteiger partial charge on any atom is 0.243 e. The molecule has 6 nitrogen and oxygen atoms in total. The van der Waals surface area contributed by atoms with Gasteiger partial charge in [0.15, 0.2) is 0 Å². The Morgan fingerprint density at radius 2 is 2.24 bits per heavy atom. The molecule has 3 aliphatic rings. The van der Waals surface area contributed by atoms with Gasteiger partial charge in [-0.05, 0) is 43.9 Å². The van der Waals surface area contributed by atoms with Crippen molar-refractivity contribution in [1.82, 2.24) is 15.2 Å². The van der Waals surface area contributed by atoms with E-state index in [1.165, 1.54) is 12.8 Å². The van der Waals surface area contributed by atoms with Gasteiger partial charge in [0.2, 0.25) is 11.8 Å². The first-order valence-electron chi connectivity index (χ1n) is 9.00. The average molecular weight is 360 g/mol. The van der Waals surface area contributed by atoms with Crippen LogP contribution >= 0.6 is 11.8 Å². The summed E-state index contributed by atoms with van der Waals surface area (Å²) >= 11 is 1.72. The molecule has 1 N–H and O–H groups in total. The third kappa shape index (κ3) is 3.10. The molecule has 0 aromatic carbocycles. The predicted molar refractivity (Wildman–Crippen MR) is 98.3 cm³/mol. The summed E-state index contributed by atoms with van der Waals surface area (Å²) in [6, 6.07) is 3.65. The van der Waals surface area contributed by atoms with Crippen molar-refractivity contribution in [2.45, 2.75) is 50.1 Å². The summed E-state index contributed by atoms with van der Waals surface area (Å²) in [5.74, 6) is 1.73. The van der Waals surface area contributed by atoms with Gasteiger partial charge < -0.3 is 15.1 Å². The van der Waals surface area contributed by atoms with E-state index in [9.17, 15) is 9.59 Å². The van der Waals surface area contributed by atoms with Crippen LogP contribution in [0.5, 0.6) is 0 Å². The molecular weight excluding hydrogens is 336 g/mol. The summed E-state index contributed by atoms with van der Waals surface area (Å²) in [6.45, 7) is 4.65. The minimum atomic E-state index is -0.343. The minimum absolute atomic E-state index is 0.0500. The third-order valence-corrected chi connectivity index (χ3v) is 6.96. The fourth-order valence-corrected chi connectivity index (χ4v) is 5.44. The molecule has 0 bridgehead atoms. The molecule has 0 aliphatic carbocycles. The lowest BCUT2D eigenvalue weighted by Gasteiger charge is -2.29. The molecule has 2 atom stereocenters. The number of nitrogens with zero attached hydrogens (tertiary/aromatic N) is 3. The fourth-order valence-electron chi connectivity index (χ4n) is 4.01. The van der Waals surface area contributed by atoms with E-state index in [1.807, 2.05) is 12.3 Å². The molecule has 1 aromatic rings. The van der Waals surface area contributed by atoms with E-state index in [-0.39, 0.29) is 22.7 Å². The summed E-state index contributed by atoms with van der Waals surface area (Å²) in [7, 11) is 0. The van der Waals surface area contributed by atoms with E-state index in [4.69, 9.17) is 0 Å². The van der Waals surface area contributed by atoms with Gasteiger partial charge in [-0.25, -0.2) is 4.98 Å². The number of carbonyl (C=O) groups excluding carboxylic acids is 2. The number of hydrogen-bond donors (Lipinski definition) is 1. The standard InChI is InChI=1S/C18H24N4O2S/c1-18-6-4-16(23)22(18)14(12-25-18)17(24)20-11-13-5-7-19-15(10-13)21-8-2-3-9-21/h5,7,10,14H,2-4,6,8-9,11-12H2,1H3,(H,20,24). The van der Waals surface area contributed by atoms with E-state index < -0.39 is 0 Å². The van der Waals surface area contributed by atoms with Gasteiger partial charge in [0.1, 0.15) is 11.9 Å². The van der Waals surface area contributed by atoms with Gasteiger partial charge in [-0.3, -0.25) is 9.59 Å². The lowest BCUT2D eigenvalue weighted by molar-refractivity contribution is -0.138. The van der Waals surface area contributed by atoms with Crippen LogP contribution in [0.4, 0.5) is 5.82 Å². The molecule has 1 aromatic heterocycles. The van der Waals surface area contributed by atoms with Crippen LogP contribution in [0.3, 0.4) is 0 Å². The Balaban J connectivity index is 1.39. The van der Waals surface area contributed by atoms with Gasteiger partial charge in [0.05, 0.1) is 4.87 Å².